The number of aliphatic imine (C=N–C) groups is 1. The van der Waals surface area contributed by atoms with Gasteiger partial charge in [-0.15, -0.1) is 11.3 Å². The number of nitrogens with zero attached hydrogens (tertiary/aromatic N) is 4. The number of amides is 2. The second kappa shape index (κ2) is 10.0. The second-order valence-electron chi connectivity index (χ2n) is 7.23. The Morgan fingerprint density at radius 3 is 2.41 bits per heavy atom. The van der Waals surface area contributed by atoms with Crippen molar-refractivity contribution in [3.8, 4) is 0 Å². The number of piperazine rings is 1. The Labute approximate surface area is 183 Å². The molecule has 0 unspecified atom stereocenters. The van der Waals surface area contributed by atoms with Crippen LogP contribution < -0.4 is 5.32 Å². The lowest BCUT2D eigenvalue weighted by Gasteiger charge is -2.37. The lowest BCUT2D eigenvalue weighted by molar-refractivity contribution is 0.0187. The molecule has 2 rings (SSSR count). The van der Waals surface area contributed by atoms with Crippen molar-refractivity contribution < 1.29 is 14.3 Å². The van der Waals surface area contributed by atoms with Gasteiger partial charge in [-0.1, -0.05) is 12.7 Å². The second-order valence-corrected chi connectivity index (χ2v) is 9.37. The van der Waals surface area contributed by atoms with Crippen LogP contribution in [0.5, 0.6) is 0 Å². The van der Waals surface area contributed by atoms with Crippen molar-refractivity contribution >= 4 is 45.1 Å². The first-order valence-electron chi connectivity index (χ1n) is 9.15. The highest BCUT2D eigenvalue weighted by atomic mass is 79.9. The third-order valence-corrected chi connectivity index (χ3v) is 5.30. The Kier molecular flexibility index (Phi) is 7.97. The third-order valence-electron chi connectivity index (χ3n) is 3.93. The SMILES string of the molecule is C=CN=C(/C(=C\C)NC(=O)c1csc(Br)n1)N1CCN(C(=O)OC(C)(C)C)CC1. The molecule has 0 bridgehead atoms. The number of nitrogens with one attached hydrogen (secondary N) is 1. The number of amidine groups is 1. The van der Waals surface area contributed by atoms with Crippen LogP contribution in [0.3, 0.4) is 0 Å². The Morgan fingerprint density at radius 1 is 1.31 bits per heavy atom. The van der Waals surface area contributed by atoms with Gasteiger partial charge in [-0.2, -0.15) is 0 Å². The minimum absolute atomic E-state index is 0.316. The van der Waals surface area contributed by atoms with E-state index in [-0.39, 0.29) is 12.0 Å². The van der Waals surface area contributed by atoms with Gasteiger partial charge >= 0.3 is 6.09 Å². The molecule has 0 saturated carbocycles. The standard InChI is InChI=1S/C19H26BrN5O3S/c1-6-13(22-16(26)14-12-29-17(20)23-14)15(21-7-2)24-8-10-25(11-9-24)18(27)28-19(3,4)5/h6-7,12H,2,8-11H2,1,3-5H3,(H,22,26)/b13-6+,21-15?. The van der Waals surface area contributed by atoms with E-state index in [1.54, 1.807) is 16.4 Å². The Hall–Kier alpha value is -2.20. The molecule has 0 aliphatic carbocycles. The molecule has 1 aliphatic rings. The number of ether oxygens (including phenoxy) is 1. The topological polar surface area (TPSA) is 87.1 Å². The van der Waals surface area contributed by atoms with Crippen LogP contribution in [0.2, 0.25) is 0 Å². The summed E-state index contributed by atoms with van der Waals surface area (Å²) in [5.74, 6) is 0.276. The molecule has 0 atom stereocenters. The van der Waals surface area contributed by atoms with Gasteiger partial charge in [0, 0.05) is 37.8 Å². The summed E-state index contributed by atoms with van der Waals surface area (Å²) in [5, 5.41) is 4.54. The molecular weight excluding hydrogens is 458 g/mol. The Balaban J connectivity index is 2.05. The van der Waals surface area contributed by atoms with E-state index in [0.717, 1.165) is 0 Å². The van der Waals surface area contributed by atoms with Crippen molar-refractivity contribution in [2.24, 2.45) is 4.99 Å². The molecule has 2 amide bonds. The fraction of sp³-hybridized carbons (Fsp3) is 0.474. The smallest absolute Gasteiger partial charge is 0.410 e. The number of halogens is 1. The van der Waals surface area contributed by atoms with E-state index in [1.807, 2.05) is 32.6 Å². The van der Waals surface area contributed by atoms with Crippen molar-refractivity contribution in [3.05, 3.63) is 39.5 Å². The van der Waals surface area contributed by atoms with Gasteiger partial charge in [-0.05, 0) is 43.6 Å². The fourth-order valence-corrected chi connectivity index (χ4v) is 3.63. The van der Waals surface area contributed by atoms with E-state index in [0.29, 0.717) is 47.3 Å². The highest BCUT2D eigenvalue weighted by Crippen LogP contribution is 2.17. The largest absolute Gasteiger partial charge is 0.444 e. The molecule has 8 nitrogen and oxygen atoms in total. The molecule has 158 valence electrons. The predicted molar refractivity (Wildman–Crippen MR) is 118 cm³/mol. The van der Waals surface area contributed by atoms with Crippen LogP contribution in [0.4, 0.5) is 4.79 Å². The average molecular weight is 484 g/mol. The van der Waals surface area contributed by atoms with Crippen molar-refractivity contribution in [2.45, 2.75) is 33.3 Å². The molecule has 1 fully saturated rings. The molecule has 1 aliphatic heterocycles. The normalized spacial score (nSPS) is 15.9. The van der Waals surface area contributed by atoms with Crippen LogP contribution in [-0.2, 0) is 4.74 Å². The molecule has 1 aromatic heterocycles. The molecule has 1 saturated heterocycles. The average Bonchev–Trinajstić information content (AvgIpc) is 3.09. The summed E-state index contributed by atoms with van der Waals surface area (Å²) >= 11 is 4.60. The van der Waals surface area contributed by atoms with Gasteiger partial charge in [0.1, 0.15) is 11.3 Å². The van der Waals surface area contributed by atoms with Crippen LogP contribution in [0.25, 0.3) is 0 Å². The van der Waals surface area contributed by atoms with E-state index in [2.05, 4.69) is 37.8 Å². The number of rotatable bonds is 4. The summed E-state index contributed by atoms with van der Waals surface area (Å²) in [7, 11) is 0. The van der Waals surface area contributed by atoms with Gasteiger partial charge in [-0.25, -0.2) is 14.8 Å². The van der Waals surface area contributed by atoms with E-state index in [4.69, 9.17) is 4.74 Å². The van der Waals surface area contributed by atoms with Crippen LogP contribution in [0, 0.1) is 0 Å². The zero-order valence-corrected chi connectivity index (χ0v) is 19.5. The van der Waals surface area contributed by atoms with E-state index in [1.165, 1.54) is 17.5 Å². The number of hydrogen-bond acceptors (Lipinski definition) is 6. The summed E-state index contributed by atoms with van der Waals surface area (Å²) in [6.45, 7) is 13.1. The first kappa shape index (κ1) is 23.1. The van der Waals surface area contributed by atoms with Crippen LogP contribution >= 0.6 is 27.3 Å². The highest BCUT2D eigenvalue weighted by molar-refractivity contribution is 9.11. The summed E-state index contributed by atoms with van der Waals surface area (Å²) in [5.41, 5.74) is 0.357. The molecule has 0 radical (unpaired) electrons. The third kappa shape index (κ3) is 6.67. The van der Waals surface area contributed by atoms with Gasteiger partial charge in [0.05, 0.1) is 5.70 Å². The number of carbonyl (C=O) groups excluding carboxylic acids is 2. The molecule has 10 heteroatoms. The predicted octanol–water partition coefficient (Wildman–Crippen LogP) is 3.63. The minimum Gasteiger partial charge on any atom is -0.444 e. The Morgan fingerprint density at radius 2 is 1.93 bits per heavy atom. The van der Waals surface area contributed by atoms with Crippen molar-refractivity contribution in [3.63, 3.8) is 0 Å². The summed E-state index contributed by atoms with van der Waals surface area (Å²) in [6, 6.07) is 0. The number of carbonyl (C=O) groups is 2. The number of thiazole rings is 1. The van der Waals surface area contributed by atoms with Crippen molar-refractivity contribution in [1.82, 2.24) is 20.1 Å². The zero-order valence-electron chi connectivity index (χ0n) is 17.1. The monoisotopic (exact) mass is 483 g/mol. The van der Waals surface area contributed by atoms with Crippen molar-refractivity contribution in [2.75, 3.05) is 26.2 Å². The zero-order chi connectivity index (χ0) is 21.6. The fourth-order valence-electron chi connectivity index (χ4n) is 2.63. The molecule has 0 spiro atoms. The number of hydrogen-bond donors (Lipinski definition) is 1. The van der Waals surface area contributed by atoms with Gasteiger partial charge in [0.25, 0.3) is 5.91 Å². The lowest BCUT2D eigenvalue weighted by Crippen LogP contribution is -2.52. The highest BCUT2D eigenvalue weighted by Gasteiger charge is 2.28. The van der Waals surface area contributed by atoms with Gasteiger partial charge < -0.3 is 19.9 Å². The van der Waals surface area contributed by atoms with Gasteiger partial charge in [0.15, 0.2) is 9.75 Å². The summed E-state index contributed by atoms with van der Waals surface area (Å²) in [4.78, 5) is 37.0. The van der Waals surface area contributed by atoms with Gasteiger partial charge in [-0.3, -0.25) is 4.79 Å². The van der Waals surface area contributed by atoms with Crippen LogP contribution in [0.1, 0.15) is 38.2 Å². The quantitative estimate of drug-likeness (QED) is 0.521. The molecular formula is C19H26BrN5O3S. The van der Waals surface area contributed by atoms with E-state index in [9.17, 15) is 9.59 Å². The molecule has 2 heterocycles. The summed E-state index contributed by atoms with van der Waals surface area (Å²) < 4.78 is 6.08. The maximum absolute atomic E-state index is 12.5. The minimum atomic E-state index is -0.531. The van der Waals surface area contributed by atoms with E-state index >= 15 is 0 Å². The molecule has 1 N–H and O–H groups in total. The number of aromatic nitrogens is 1. The molecule has 29 heavy (non-hydrogen) atoms. The maximum atomic E-state index is 12.5. The first-order chi connectivity index (χ1) is 13.6. The lowest BCUT2D eigenvalue weighted by atomic mass is 10.2. The van der Waals surface area contributed by atoms with Crippen LogP contribution in [-0.4, -0.2) is 64.4 Å². The maximum Gasteiger partial charge on any atom is 0.410 e. The molecule has 1 aromatic rings. The van der Waals surface area contributed by atoms with E-state index < -0.39 is 5.60 Å². The number of allylic oxidation sites excluding steroid dienone is 1. The van der Waals surface area contributed by atoms with Gasteiger partial charge in [0.2, 0.25) is 0 Å². The Bertz CT molecular complexity index is 820. The molecule has 0 aromatic carbocycles. The summed E-state index contributed by atoms with van der Waals surface area (Å²) in [6.07, 6.45) is 2.89. The van der Waals surface area contributed by atoms with Crippen LogP contribution in [0.15, 0.2) is 38.8 Å². The van der Waals surface area contributed by atoms with Crippen molar-refractivity contribution in [1.29, 1.82) is 0 Å². The first-order valence-corrected chi connectivity index (χ1v) is 10.8.